The minimum Gasteiger partial charge on any atom is -0.486 e. The monoisotopic (exact) mass is 259 g/mol. The first-order valence-corrected chi connectivity index (χ1v) is 6.42. The molecule has 0 saturated heterocycles. The summed E-state index contributed by atoms with van der Waals surface area (Å²) in [6.45, 7) is 4.70. The predicted octanol–water partition coefficient (Wildman–Crippen LogP) is 1.78. The predicted molar refractivity (Wildman–Crippen MR) is 71.3 cm³/mol. The second-order valence-corrected chi connectivity index (χ2v) is 4.59. The van der Waals surface area contributed by atoms with Gasteiger partial charge in [-0.25, -0.2) is 0 Å². The molecule has 0 unspecified atom stereocenters. The topological polar surface area (TPSA) is 59.2 Å². The number of hydrogen-bond acceptors (Lipinski definition) is 4. The normalized spacial score (nSPS) is 13.5. The van der Waals surface area contributed by atoms with Crippen LogP contribution in [0.1, 0.15) is 17.0 Å². The molecule has 2 N–H and O–H groups in total. The summed E-state index contributed by atoms with van der Waals surface area (Å²) >= 11 is 0. The summed E-state index contributed by atoms with van der Waals surface area (Å²) < 4.78 is 11.2. The van der Waals surface area contributed by atoms with Gasteiger partial charge < -0.3 is 14.8 Å². The Hall–Kier alpha value is -2.01. The Morgan fingerprint density at radius 1 is 1.26 bits per heavy atom. The Bertz CT molecular complexity index is 566. The zero-order chi connectivity index (χ0) is 13.1. The Morgan fingerprint density at radius 3 is 3.00 bits per heavy atom. The van der Waals surface area contributed by atoms with Crippen LogP contribution in [0, 0.1) is 6.92 Å². The van der Waals surface area contributed by atoms with Gasteiger partial charge in [-0.05, 0) is 19.1 Å². The molecule has 0 atom stereocenters. The number of ether oxygens (including phenoxy) is 2. The summed E-state index contributed by atoms with van der Waals surface area (Å²) in [7, 11) is 0. The molecule has 1 aromatic heterocycles. The van der Waals surface area contributed by atoms with Gasteiger partial charge in [-0.15, -0.1) is 0 Å². The zero-order valence-corrected chi connectivity index (χ0v) is 10.9. The van der Waals surface area contributed by atoms with Gasteiger partial charge in [0.05, 0.1) is 5.69 Å². The van der Waals surface area contributed by atoms with Crippen LogP contribution in [0.15, 0.2) is 24.3 Å². The summed E-state index contributed by atoms with van der Waals surface area (Å²) in [5.41, 5.74) is 3.20. The molecule has 2 heterocycles. The summed E-state index contributed by atoms with van der Waals surface area (Å²) in [5.74, 6) is 1.70. The van der Waals surface area contributed by atoms with Gasteiger partial charge in [0.2, 0.25) is 0 Å². The summed E-state index contributed by atoms with van der Waals surface area (Å²) in [5, 5.41) is 10.5. The van der Waals surface area contributed by atoms with Gasteiger partial charge in [-0.2, -0.15) is 5.10 Å². The van der Waals surface area contributed by atoms with Crippen molar-refractivity contribution in [3.05, 3.63) is 41.2 Å². The van der Waals surface area contributed by atoms with Crippen molar-refractivity contribution in [1.29, 1.82) is 0 Å². The first kappa shape index (κ1) is 12.0. The Morgan fingerprint density at radius 2 is 2.16 bits per heavy atom. The third-order valence-electron chi connectivity index (χ3n) is 3.03. The maximum Gasteiger partial charge on any atom is 0.165 e. The maximum absolute atomic E-state index is 5.67. The minimum atomic E-state index is 0.614. The molecular formula is C14H17N3O2. The van der Waals surface area contributed by atoms with E-state index in [9.17, 15) is 0 Å². The molecule has 0 fully saturated rings. The first-order chi connectivity index (χ1) is 9.33. The number of para-hydroxylation sites is 1. The van der Waals surface area contributed by atoms with Crippen LogP contribution in [-0.4, -0.2) is 23.4 Å². The number of nitrogens with one attached hydrogen (secondary N) is 2. The number of aromatic amines is 1. The fraction of sp³-hybridized carbons (Fsp3) is 0.357. The molecule has 1 aromatic carbocycles. The van der Waals surface area contributed by atoms with Gasteiger partial charge in [0, 0.05) is 24.3 Å². The average Bonchev–Trinajstić information content (AvgIpc) is 2.85. The molecule has 1 aliphatic rings. The smallest absolute Gasteiger partial charge is 0.165 e. The molecule has 19 heavy (non-hydrogen) atoms. The number of aromatic nitrogens is 2. The number of benzene rings is 1. The molecule has 2 aromatic rings. The van der Waals surface area contributed by atoms with Crippen molar-refractivity contribution in [2.75, 3.05) is 13.2 Å². The van der Waals surface area contributed by atoms with Gasteiger partial charge in [0.25, 0.3) is 0 Å². The third kappa shape index (κ3) is 2.71. The number of nitrogens with zero attached hydrogens (tertiary/aromatic N) is 1. The summed E-state index contributed by atoms with van der Waals surface area (Å²) in [4.78, 5) is 0. The van der Waals surface area contributed by atoms with Gasteiger partial charge in [-0.1, -0.05) is 12.1 Å². The number of rotatable bonds is 4. The van der Waals surface area contributed by atoms with Crippen molar-refractivity contribution in [1.82, 2.24) is 15.5 Å². The van der Waals surface area contributed by atoms with E-state index in [2.05, 4.69) is 21.6 Å². The molecule has 0 amide bonds. The van der Waals surface area contributed by atoms with E-state index in [0.29, 0.717) is 13.2 Å². The quantitative estimate of drug-likeness (QED) is 0.878. The van der Waals surface area contributed by atoms with Crippen LogP contribution in [0.4, 0.5) is 0 Å². The van der Waals surface area contributed by atoms with Crippen LogP contribution in [0.3, 0.4) is 0 Å². The highest BCUT2D eigenvalue weighted by molar-refractivity contribution is 5.47. The molecule has 0 radical (unpaired) electrons. The Balaban J connectivity index is 1.64. The second kappa shape index (κ2) is 5.32. The number of aryl methyl sites for hydroxylation is 1. The van der Waals surface area contributed by atoms with E-state index in [0.717, 1.165) is 41.5 Å². The van der Waals surface area contributed by atoms with E-state index < -0.39 is 0 Å². The lowest BCUT2D eigenvalue weighted by Gasteiger charge is -2.21. The molecule has 3 rings (SSSR count). The van der Waals surface area contributed by atoms with Crippen molar-refractivity contribution in [3.63, 3.8) is 0 Å². The van der Waals surface area contributed by atoms with Crippen molar-refractivity contribution < 1.29 is 9.47 Å². The van der Waals surface area contributed by atoms with Crippen molar-refractivity contribution in [2.24, 2.45) is 0 Å². The Kier molecular flexibility index (Phi) is 3.37. The summed E-state index contributed by atoms with van der Waals surface area (Å²) in [6, 6.07) is 8.02. The molecular weight excluding hydrogens is 242 g/mol. The van der Waals surface area contributed by atoms with E-state index in [-0.39, 0.29) is 0 Å². The van der Waals surface area contributed by atoms with Crippen LogP contribution in [0.2, 0.25) is 0 Å². The molecule has 0 spiro atoms. The highest BCUT2D eigenvalue weighted by atomic mass is 16.6. The lowest BCUT2D eigenvalue weighted by molar-refractivity contribution is 0.169. The minimum absolute atomic E-state index is 0.614. The fourth-order valence-electron chi connectivity index (χ4n) is 2.16. The van der Waals surface area contributed by atoms with Crippen LogP contribution >= 0.6 is 0 Å². The number of fused-ring (bicyclic) bond motifs is 1. The molecule has 0 aliphatic carbocycles. The molecule has 0 saturated carbocycles. The van der Waals surface area contributed by atoms with Crippen LogP contribution in [-0.2, 0) is 13.1 Å². The van der Waals surface area contributed by atoms with Crippen LogP contribution in [0.25, 0.3) is 0 Å². The maximum atomic E-state index is 5.67. The van der Waals surface area contributed by atoms with E-state index in [4.69, 9.17) is 9.47 Å². The molecule has 5 heteroatoms. The lowest BCUT2D eigenvalue weighted by Crippen LogP contribution is -2.19. The lowest BCUT2D eigenvalue weighted by atomic mass is 10.1. The highest BCUT2D eigenvalue weighted by Gasteiger charge is 2.14. The molecule has 0 bridgehead atoms. The van der Waals surface area contributed by atoms with Gasteiger partial charge in [-0.3, -0.25) is 5.10 Å². The van der Waals surface area contributed by atoms with Crippen LogP contribution in [0.5, 0.6) is 11.5 Å². The van der Waals surface area contributed by atoms with Gasteiger partial charge in [0.1, 0.15) is 13.2 Å². The van der Waals surface area contributed by atoms with E-state index in [1.807, 2.05) is 25.1 Å². The largest absolute Gasteiger partial charge is 0.486 e. The van der Waals surface area contributed by atoms with Crippen molar-refractivity contribution in [2.45, 2.75) is 20.0 Å². The third-order valence-corrected chi connectivity index (χ3v) is 3.03. The number of hydrogen-bond donors (Lipinski definition) is 2. The zero-order valence-electron chi connectivity index (χ0n) is 10.9. The average molecular weight is 259 g/mol. The second-order valence-electron chi connectivity index (χ2n) is 4.59. The standard InChI is InChI=1S/C14H17N3O2/c1-10-7-12(17-16-10)9-15-8-11-3-2-4-13-14(11)19-6-5-18-13/h2-4,7,15H,5-6,8-9H2,1H3,(H,16,17). The van der Waals surface area contributed by atoms with E-state index in [1.165, 1.54) is 0 Å². The van der Waals surface area contributed by atoms with E-state index >= 15 is 0 Å². The molecule has 100 valence electrons. The molecule has 5 nitrogen and oxygen atoms in total. The highest BCUT2D eigenvalue weighted by Crippen LogP contribution is 2.33. The van der Waals surface area contributed by atoms with Crippen molar-refractivity contribution >= 4 is 0 Å². The summed E-state index contributed by atoms with van der Waals surface area (Å²) in [6.07, 6.45) is 0. The SMILES string of the molecule is Cc1cc(CNCc2cccc3c2OCCO3)n[nH]1. The fourth-order valence-corrected chi connectivity index (χ4v) is 2.16. The van der Waals surface area contributed by atoms with Crippen LogP contribution < -0.4 is 14.8 Å². The van der Waals surface area contributed by atoms with Gasteiger partial charge in [0.15, 0.2) is 11.5 Å². The number of H-pyrrole nitrogens is 1. The van der Waals surface area contributed by atoms with E-state index in [1.54, 1.807) is 0 Å². The van der Waals surface area contributed by atoms with Crippen molar-refractivity contribution in [3.8, 4) is 11.5 Å². The first-order valence-electron chi connectivity index (χ1n) is 6.42. The Labute approximate surface area is 111 Å². The van der Waals surface area contributed by atoms with Gasteiger partial charge >= 0.3 is 0 Å². The molecule has 1 aliphatic heterocycles.